The van der Waals surface area contributed by atoms with Crippen molar-refractivity contribution < 1.29 is 4.42 Å². The van der Waals surface area contributed by atoms with Crippen molar-refractivity contribution in [3.63, 3.8) is 0 Å². The lowest BCUT2D eigenvalue weighted by Crippen LogP contribution is -2.16. The predicted octanol–water partition coefficient (Wildman–Crippen LogP) is 12.5. The molecule has 0 saturated carbocycles. The van der Waals surface area contributed by atoms with Crippen molar-refractivity contribution in [3.8, 4) is 16.8 Å². The lowest BCUT2D eigenvalue weighted by Gasteiger charge is -2.28. The fraction of sp³-hybridized carbons (Fsp3) is 0.0667. The highest BCUT2D eigenvalue weighted by molar-refractivity contribution is 6.17. The van der Waals surface area contributed by atoms with Gasteiger partial charge in [0.1, 0.15) is 11.2 Å². The fourth-order valence-electron chi connectivity index (χ4n) is 8.15. The molecule has 0 saturated heterocycles. The summed E-state index contributed by atoms with van der Waals surface area (Å²) in [5, 5.41) is 4.69. The highest BCUT2D eigenvalue weighted by atomic mass is 16.3. The zero-order valence-corrected chi connectivity index (χ0v) is 26.8. The zero-order chi connectivity index (χ0) is 32.0. The Balaban J connectivity index is 1.24. The molecule has 0 radical (unpaired) electrons. The van der Waals surface area contributed by atoms with E-state index in [9.17, 15) is 0 Å². The average Bonchev–Trinajstić information content (AvgIpc) is 3.75. The number of benzene rings is 7. The normalized spacial score (nSPS) is 13.4. The van der Waals surface area contributed by atoms with Crippen LogP contribution in [0, 0.1) is 0 Å². The van der Waals surface area contributed by atoms with Crippen molar-refractivity contribution in [1.82, 2.24) is 4.57 Å². The molecule has 3 nitrogen and oxygen atoms in total. The van der Waals surface area contributed by atoms with E-state index >= 15 is 0 Å². The van der Waals surface area contributed by atoms with Crippen LogP contribution >= 0.6 is 0 Å². The van der Waals surface area contributed by atoms with E-state index in [-0.39, 0.29) is 5.41 Å². The van der Waals surface area contributed by atoms with Gasteiger partial charge in [-0.2, -0.15) is 0 Å². The number of fused-ring (bicyclic) bond motifs is 9. The van der Waals surface area contributed by atoms with Crippen molar-refractivity contribution in [2.45, 2.75) is 19.3 Å². The van der Waals surface area contributed by atoms with Gasteiger partial charge in [-0.05, 0) is 89.0 Å². The number of anilines is 3. The lowest BCUT2D eigenvalue weighted by molar-refractivity contribution is 0.660. The summed E-state index contributed by atoms with van der Waals surface area (Å²) < 4.78 is 8.60. The van der Waals surface area contributed by atoms with Crippen LogP contribution in [0.5, 0.6) is 0 Å². The van der Waals surface area contributed by atoms with E-state index in [0.29, 0.717) is 0 Å². The van der Waals surface area contributed by atoms with Gasteiger partial charge in [-0.25, -0.2) is 0 Å². The number of hydrogen-bond donors (Lipinski definition) is 0. The molecule has 0 fully saturated rings. The number of rotatable bonds is 4. The molecule has 228 valence electrons. The van der Waals surface area contributed by atoms with Crippen LogP contribution in [-0.2, 0) is 5.41 Å². The summed E-state index contributed by atoms with van der Waals surface area (Å²) in [5.41, 5.74) is 14.0. The first-order chi connectivity index (χ1) is 23.6. The van der Waals surface area contributed by atoms with Gasteiger partial charge < -0.3 is 13.9 Å². The Morgan fingerprint density at radius 3 is 2.10 bits per heavy atom. The summed E-state index contributed by atoms with van der Waals surface area (Å²) >= 11 is 0. The van der Waals surface area contributed by atoms with Gasteiger partial charge in [0.05, 0.1) is 16.7 Å². The van der Waals surface area contributed by atoms with Crippen molar-refractivity contribution in [3.05, 3.63) is 169 Å². The minimum absolute atomic E-state index is 0.0950. The summed E-state index contributed by atoms with van der Waals surface area (Å²) in [6, 6.07) is 57.0. The van der Waals surface area contributed by atoms with Gasteiger partial charge in [-0.1, -0.05) is 105 Å². The Labute approximate surface area is 278 Å². The molecule has 0 bridgehead atoms. The molecule has 0 aliphatic heterocycles. The van der Waals surface area contributed by atoms with Gasteiger partial charge in [0.2, 0.25) is 0 Å². The van der Waals surface area contributed by atoms with Crippen LogP contribution in [0.4, 0.5) is 17.1 Å². The van der Waals surface area contributed by atoms with Crippen molar-refractivity contribution in [2.75, 3.05) is 4.90 Å². The van der Waals surface area contributed by atoms with E-state index in [0.717, 1.165) is 50.2 Å². The third-order valence-electron chi connectivity index (χ3n) is 10.4. The Kier molecular flexibility index (Phi) is 5.63. The van der Waals surface area contributed by atoms with Crippen molar-refractivity contribution >= 4 is 60.8 Å². The largest absolute Gasteiger partial charge is 0.456 e. The highest BCUT2D eigenvalue weighted by Crippen LogP contribution is 2.51. The SMILES string of the molecule is CC1(C)c2ccccc2-c2ccc(N(c3ccccc3)c3cccc4c3c3ccccc3n4-c3ccc4oc5ccccc5c4c3)cc21. The average molecular weight is 617 g/mol. The maximum Gasteiger partial charge on any atom is 0.135 e. The predicted molar refractivity (Wildman–Crippen MR) is 200 cm³/mol. The van der Waals surface area contributed by atoms with E-state index in [4.69, 9.17) is 4.42 Å². The van der Waals surface area contributed by atoms with Crippen LogP contribution in [0.15, 0.2) is 162 Å². The molecule has 9 aromatic rings. The van der Waals surface area contributed by atoms with E-state index in [1.807, 2.05) is 12.1 Å². The maximum absolute atomic E-state index is 6.20. The standard InChI is InChI=1S/C45H32N2O/c1-45(2)37-18-9-6-15-32(37)33-25-23-31(28-38(33)45)46(29-13-4-3-5-14-29)40-20-12-21-41-44(40)35-17-7-10-19-39(35)47(41)30-24-26-43-36(27-30)34-16-8-11-22-42(34)48-43/h3-28H,1-2H3. The van der Waals surface area contributed by atoms with Gasteiger partial charge in [0.25, 0.3) is 0 Å². The summed E-state index contributed by atoms with van der Waals surface area (Å²) in [4.78, 5) is 2.44. The first-order valence-electron chi connectivity index (χ1n) is 16.6. The molecule has 0 unspecified atom stereocenters. The molecule has 48 heavy (non-hydrogen) atoms. The zero-order valence-electron chi connectivity index (χ0n) is 26.8. The molecule has 2 heterocycles. The Morgan fingerprint density at radius 1 is 0.500 bits per heavy atom. The molecule has 0 amide bonds. The van der Waals surface area contributed by atoms with E-state index in [2.05, 4.69) is 169 Å². The minimum atomic E-state index is -0.0950. The molecule has 1 aliphatic carbocycles. The summed E-state index contributed by atoms with van der Waals surface area (Å²) in [6.45, 7) is 4.70. The first kappa shape index (κ1) is 27.1. The molecular formula is C45H32N2O. The Morgan fingerprint density at radius 2 is 1.21 bits per heavy atom. The van der Waals surface area contributed by atoms with E-state index in [1.165, 1.54) is 38.5 Å². The molecular weight excluding hydrogens is 585 g/mol. The topological polar surface area (TPSA) is 21.3 Å². The maximum atomic E-state index is 6.20. The number of nitrogens with zero attached hydrogens (tertiary/aromatic N) is 2. The Bertz CT molecular complexity index is 2710. The monoisotopic (exact) mass is 616 g/mol. The molecule has 0 N–H and O–H groups in total. The van der Waals surface area contributed by atoms with E-state index in [1.54, 1.807) is 0 Å². The van der Waals surface area contributed by atoms with Crippen molar-refractivity contribution in [1.29, 1.82) is 0 Å². The summed E-state index contributed by atoms with van der Waals surface area (Å²) in [7, 11) is 0. The van der Waals surface area contributed by atoms with Gasteiger partial charge in [0, 0.05) is 44.0 Å². The smallest absolute Gasteiger partial charge is 0.135 e. The molecule has 1 aliphatic rings. The number of aromatic nitrogens is 1. The lowest BCUT2D eigenvalue weighted by atomic mass is 9.82. The highest BCUT2D eigenvalue weighted by Gasteiger charge is 2.36. The third kappa shape index (κ3) is 3.76. The van der Waals surface area contributed by atoms with Crippen LogP contribution in [0.2, 0.25) is 0 Å². The Hall–Kier alpha value is -6.06. The number of hydrogen-bond acceptors (Lipinski definition) is 2. The van der Waals surface area contributed by atoms with Crippen LogP contribution in [0.3, 0.4) is 0 Å². The molecule has 2 aromatic heterocycles. The first-order valence-corrected chi connectivity index (χ1v) is 16.6. The van der Waals surface area contributed by atoms with Crippen molar-refractivity contribution in [2.24, 2.45) is 0 Å². The minimum Gasteiger partial charge on any atom is -0.456 e. The van der Waals surface area contributed by atoms with E-state index < -0.39 is 0 Å². The van der Waals surface area contributed by atoms with Crippen LogP contribution in [0.25, 0.3) is 60.6 Å². The summed E-state index contributed by atoms with van der Waals surface area (Å²) in [6.07, 6.45) is 0. The summed E-state index contributed by atoms with van der Waals surface area (Å²) in [5.74, 6) is 0. The van der Waals surface area contributed by atoms with Crippen LogP contribution in [0.1, 0.15) is 25.0 Å². The van der Waals surface area contributed by atoms with Gasteiger partial charge in [0.15, 0.2) is 0 Å². The van der Waals surface area contributed by atoms with Gasteiger partial charge in [-0.3, -0.25) is 0 Å². The number of furan rings is 1. The van der Waals surface area contributed by atoms with Crippen LogP contribution < -0.4 is 4.90 Å². The van der Waals surface area contributed by atoms with Crippen LogP contribution in [-0.4, -0.2) is 4.57 Å². The second kappa shape index (κ2) is 9.97. The molecule has 10 rings (SSSR count). The molecule has 7 aromatic carbocycles. The molecule has 0 atom stereocenters. The fourth-order valence-corrected chi connectivity index (χ4v) is 8.15. The number of para-hydroxylation sites is 3. The van der Waals surface area contributed by atoms with Gasteiger partial charge >= 0.3 is 0 Å². The second-order valence-corrected chi connectivity index (χ2v) is 13.4. The van der Waals surface area contributed by atoms with Gasteiger partial charge in [-0.15, -0.1) is 0 Å². The molecule has 0 spiro atoms. The third-order valence-corrected chi connectivity index (χ3v) is 10.4. The second-order valence-electron chi connectivity index (χ2n) is 13.4. The quantitative estimate of drug-likeness (QED) is 0.196. The molecule has 3 heteroatoms.